The first kappa shape index (κ1) is 34.1. The SMILES string of the molecule is CC.CCCc1cc(Cl)ccc1C1COc2ccc3cc2N(CCC(CC)C(OC)/C=C/CC(C)CC(=O)NS3=O)C1. The number of fused-ring (bicyclic) bond motifs is 1. The third-order valence-electron chi connectivity index (χ3n) is 8.07. The molecule has 0 spiro atoms. The minimum absolute atomic E-state index is 0.00341. The number of nitrogens with zero attached hydrogens (tertiary/aromatic N) is 1. The van der Waals surface area contributed by atoms with Crippen molar-refractivity contribution in [2.24, 2.45) is 11.8 Å². The molecule has 0 fully saturated rings. The van der Waals surface area contributed by atoms with E-state index in [0.717, 1.165) is 61.7 Å². The first-order valence-electron chi connectivity index (χ1n) is 15.5. The van der Waals surface area contributed by atoms with E-state index in [1.54, 1.807) is 13.2 Å². The second-order valence-corrected chi connectivity index (χ2v) is 12.8. The average molecular weight is 617 g/mol. The summed E-state index contributed by atoms with van der Waals surface area (Å²) in [4.78, 5) is 15.6. The van der Waals surface area contributed by atoms with E-state index in [1.165, 1.54) is 11.1 Å². The molecule has 6 nitrogen and oxygen atoms in total. The van der Waals surface area contributed by atoms with Crippen molar-refractivity contribution in [1.82, 2.24) is 4.72 Å². The van der Waals surface area contributed by atoms with E-state index in [9.17, 15) is 9.00 Å². The van der Waals surface area contributed by atoms with Crippen molar-refractivity contribution in [3.63, 3.8) is 0 Å². The lowest BCUT2D eigenvalue weighted by Crippen LogP contribution is -2.33. The zero-order valence-corrected chi connectivity index (χ0v) is 27.7. The molecule has 2 heterocycles. The lowest BCUT2D eigenvalue weighted by atomic mass is 9.91. The molecule has 0 aliphatic carbocycles. The summed E-state index contributed by atoms with van der Waals surface area (Å²) in [6, 6.07) is 11.8. The summed E-state index contributed by atoms with van der Waals surface area (Å²) in [5, 5.41) is 0.753. The zero-order chi connectivity index (χ0) is 30.6. The van der Waals surface area contributed by atoms with E-state index in [-0.39, 0.29) is 23.8 Å². The number of allylic oxidation sites excluding steroid dienone is 1. The maximum absolute atomic E-state index is 13.2. The highest BCUT2D eigenvalue weighted by molar-refractivity contribution is 7.83. The molecule has 4 rings (SSSR count). The molecular formula is C34H49ClN2O4S. The molecule has 5 atom stereocenters. The molecule has 0 saturated carbocycles. The molecule has 2 aliphatic heterocycles. The lowest BCUT2D eigenvalue weighted by Gasteiger charge is -2.31. The molecule has 2 aliphatic rings. The molecular weight excluding hydrogens is 568 g/mol. The zero-order valence-electron chi connectivity index (χ0n) is 26.2. The highest BCUT2D eigenvalue weighted by Crippen LogP contribution is 2.38. The van der Waals surface area contributed by atoms with Gasteiger partial charge in [0.15, 0.2) is 11.0 Å². The first-order chi connectivity index (χ1) is 20.3. The molecule has 0 aromatic heterocycles. The third-order valence-corrected chi connectivity index (χ3v) is 9.40. The summed E-state index contributed by atoms with van der Waals surface area (Å²) < 4.78 is 28.2. The quantitative estimate of drug-likeness (QED) is 0.346. The van der Waals surface area contributed by atoms with Crippen LogP contribution >= 0.6 is 11.6 Å². The van der Waals surface area contributed by atoms with Crippen LogP contribution in [0.4, 0.5) is 5.69 Å². The number of ether oxygens (including phenoxy) is 2. The predicted molar refractivity (Wildman–Crippen MR) is 175 cm³/mol. The molecule has 42 heavy (non-hydrogen) atoms. The van der Waals surface area contributed by atoms with E-state index in [2.05, 4.69) is 47.8 Å². The summed E-state index contributed by atoms with van der Waals surface area (Å²) in [6.45, 7) is 12.5. The predicted octanol–water partition coefficient (Wildman–Crippen LogP) is 7.86. The van der Waals surface area contributed by atoms with Crippen LogP contribution in [0.25, 0.3) is 0 Å². The molecule has 0 radical (unpaired) electrons. The van der Waals surface area contributed by atoms with Crippen molar-refractivity contribution in [1.29, 1.82) is 0 Å². The number of carbonyl (C=O) groups excluding carboxylic acids is 1. The van der Waals surface area contributed by atoms with Gasteiger partial charge in [0.05, 0.1) is 23.3 Å². The highest BCUT2D eigenvalue weighted by Gasteiger charge is 2.28. The van der Waals surface area contributed by atoms with Crippen LogP contribution in [0.5, 0.6) is 5.75 Å². The molecule has 5 unspecified atom stereocenters. The van der Waals surface area contributed by atoms with Crippen LogP contribution in [0.1, 0.15) is 83.8 Å². The fourth-order valence-corrected chi connectivity index (χ4v) is 6.86. The number of benzene rings is 2. The second-order valence-electron chi connectivity index (χ2n) is 11.1. The van der Waals surface area contributed by atoms with E-state index in [4.69, 9.17) is 21.1 Å². The number of hydrogen-bond donors (Lipinski definition) is 1. The van der Waals surface area contributed by atoms with Gasteiger partial charge in [0, 0.05) is 37.6 Å². The van der Waals surface area contributed by atoms with Crippen LogP contribution in [0.15, 0.2) is 53.4 Å². The Morgan fingerprint density at radius 2 is 1.95 bits per heavy atom. The smallest absolute Gasteiger partial charge is 0.232 e. The number of rotatable bonds is 5. The van der Waals surface area contributed by atoms with Crippen LogP contribution < -0.4 is 14.4 Å². The fraction of sp³-hybridized carbons (Fsp3) is 0.559. The van der Waals surface area contributed by atoms with Gasteiger partial charge in [0.2, 0.25) is 5.91 Å². The number of nitrogens with one attached hydrogen (secondary N) is 1. The minimum atomic E-state index is -1.65. The van der Waals surface area contributed by atoms with Gasteiger partial charge in [0.1, 0.15) is 5.75 Å². The monoisotopic (exact) mass is 616 g/mol. The van der Waals surface area contributed by atoms with Gasteiger partial charge in [-0.25, -0.2) is 4.21 Å². The largest absolute Gasteiger partial charge is 0.491 e. The number of halogens is 1. The summed E-state index contributed by atoms with van der Waals surface area (Å²) in [5.74, 6) is 1.17. The Labute approximate surface area is 260 Å². The minimum Gasteiger partial charge on any atom is -0.491 e. The van der Waals surface area contributed by atoms with Crippen molar-refractivity contribution in [3.05, 3.63) is 64.7 Å². The van der Waals surface area contributed by atoms with E-state index >= 15 is 0 Å². The van der Waals surface area contributed by atoms with Crippen LogP contribution in [0.3, 0.4) is 0 Å². The molecule has 1 amide bonds. The van der Waals surface area contributed by atoms with Gasteiger partial charge in [-0.2, -0.15) is 0 Å². The Morgan fingerprint density at radius 1 is 1.17 bits per heavy atom. The molecule has 2 aromatic rings. The Bertz CT molecular complexity index is 1220. The summed E-state index contributed by atoms with van der Waals surface area (Å²) in [6.07, 6.45) is 9.28. The Morgan fingerprint density at radius 3 is 2.67 bits per heavy atom. The lowest BCUT2D eigenvalue weighted by molar-refractivity contribution is -0.120. The van der Waals surface area contributed by atoms with E-state index in [0.29, 0.717) is 23.8 Å². The van der Waals surface area contributed by atoms with E-state index < -0.39 is 11.0 Å². The number of anilines is 1. The van der Waals surface area contributed by atoms with Gasteiger partial charge in [0.25, 0.3) is 0 Å². The molecule has 2 aromatic carbocycles. The highest BCUT2D eigenvalue weighted by atomic mass is 35.5. The number of amides is 1. The maximum Gasteiger partial charge on any atom is 0.232 e. The topological polar surface area (TPSA) is 67.9 Å². The molecule has 2 bridgehead atoms. The summed E-state index contributed by atoms with van der Waals surface area (Å²) in [7, 11) is 0.125. The van der Waals surface area contributed by atoms with Crippen LogP contribution in [-0.4, -0.2) is 43.0 Å². The van der Waals surface area contributed by atoms with Crippen molar-refractivity contribution in [3.8, 4) is 5.75 Å². The molecule has 1 N–H and O–H groups in total. The van der Waals surface area contributed by atoms with Gasteiger partial charge in [-0.05, 0) is 72.6 Å². The third kappa shape index (κ3) is 9.08. The van der Waals surface area contributed by atoms with Crippen LogP contribution in [0.2, 0.25) is 5.02 Å². The number of aryl methyl sites for hydroxylation is 1. The standard InChI is InChI=1S/C32H43ClN2O4S.C2H6/c1-5-8-24-18-26(33)11-13-28(24)25-20-35-16-15-23(6-2)30(38-4)10-7-9-22(3)17-32(36)34-40(37)27-12-14-31(39-21-25)29(35)19-27;1-2/h7,10-14,18-19,22-23,25,30H,5-6,8-9,15-17,20-21H2,1-4H3,(H,34,36);1-2H3/b10-7+;. The summed E-state index contributed by atoms with van der Waals surface area (Å²) >= 11 is 6.38. The number of methoxy groups -OCH3 is 1. The number of hydrogen-bond acceptors (Lipinski definition) is 5. The van der Waals surface area contributed by atoms with Gasteiger partial charge in [-0.15, -0.1) is 0 Å². The Kier molecular flexibility index (Phi) is 13.9. The van der Waals surface area contributed by atoms with Crippen molar-refractivity contribution < 1.29 is 18.5 Å². The molecule has 0 saturated heterocycles. The molecule has 232 valence electrons. The van der Waals surface area contributed by atoms with Crippen LogP contribution in [-0.2, 0) is 26.9 Å². The van der Waals surface area contributed by atoms with Gasteiger partial charge >= 0.3 is 0 Å². The fourth-order valence-electron chi connectivity index (χ4n) is 5.85. The summed E-state index contributed by atoms with van der Waals surface area (Å²) in [5.41, 5.74) is 3.44. The Balaban J connectivity index is 0.00000237. The van der Waals surface area contributed by atoms with Crippen molar-refractivity contribution in [2.75, 3.05) is 31.7 Å². The van der Waals surface area contributed by atoms with Crippen molar-refractivity contribution in [2.45, 2.75) is 90.1 Å². The van der Waals surface area contributed by atoms with Gasteiger partial charge < -0.3 is 14.4 Å². The maximum atomic E-state index is 13.2. The van der Waals surface area contributed by atoms with Gasteiger partial charge in [-0.1, -0.05) is 77.3 Å². The number of carbonyl (C=O) groups is 1. The normalized spacial score (nSPS) is 25.7. The van der Waals surface area contributed by atoms with Crippen LogP contribution in [0, 0.1) is 11.8 Å². The average Bonchev–Trinajstić information content (AvgIpc) is 3.16. The molecule has 8 heteroatoms. The Hall–Kier alpha value is -2.35. The van der Waals surface area contributed by atoms with E-state index in [1.807, 2.05) is 39.0 Å². The van der Waals surface area contributed by atoms with Gasteiger partial charge in [-0.3, -0.25) is 9.52 Å². The first-order valence-corrected chi connectivity index (χ1v) is 17.1. The second kappa shape index (κ2) is 17.1. The van der Waals surface area contributed by atoms with Crippen molar-refractivity contribution >= 4 is 34.2 Å².